The van der Waals surface area contributed by atoms with Crippen molar-refractivity contribution in [3.05, 3.63) is 221 Å². The number of aliphatic hydroxyl groups is 2. The number of aromatic amines is 1. The molecule has 8 saturated heterocycles. The Bertz CT molecular complexity index is 6020. The molecule has 8 aliphatic heterocycles. The van der Waals surface area contributed by atoms with Gasteiger partial charge in [0.1, 0.15) is 11.6 Å². The zero-order valence-electron chi connectivity index (χ0n) is 67.4. The maximum Gasteiger partial charge on any atom is 0.260 e. The molecule has 30 heteroatoms. The minimum atomic E-state index is -2.84. The number of para-hydroxylation sites is 1. The Kier molecular flexibility index (Phi) is 19.3. The molecule has 8 aromatic carbocycles. The first-order valence-corrected chi connectivity index (χ1v) is 40.9. The summed E-state index contributed by atoms with van der Waals surface area (Å²) in [5, 5.41) is 45.0. The number of hydrogen-bond donors (Lipinski definition) is 5. The van der Waals surface area contributed by atoms with E-state index in [2.05, 4.69) is 38.6 Å². The standard InChI is InChI=1S/C91H91N16O14/c1-56-70-49-66(29-31-74(70)98(3)96-56)58-13-21-62(22-14-58)77(108)102-37-45-106(46-38-102)84(114)88(93)54-120-90(88,72-11-7-5-9-68(72)60-17-25-64(26-18-60)79(110)100-33-41-104(42-34-100)82(112)86(116)51-118-52-86)91(81-87(92,53-119-81)83(113)105-43-35-101(36-44-105)80(111)65-27-19-61(20-28-65)76-69-10-6-8-12-73(69)94-95-76)89(117,55-121-91)85(115)107-47-39-103(40-48-107)78(109)63-23-15-59(16-24-63)67-30-32-75-71(50-67)57(2)97-99(75)4/h6-32,49-50,81,116-117H,33-48,51-55,92-93H2,1-4H3,(H,94,95). The van der Waals surface area contributed by atoms with Gasteiger partial charge in [0, 0.05) is 163 Å². The molecule has 8 aliphatic rings. The normalized spacial score (nSPS) is 24.1. The highest BCUT2D eigenvalue weighted by Crippen LogP contribution is 2.67. The summed E-state index contributed by atoms with van der Waals surface area (Å²) in [6, 6.07) is 56.4. The Hall–Kier alpha value is -12.4. The maximum absolute atomic E-state index is 16.6. The number of nitrogens with two attached hydrogens (primary N) is 2. The highest BCUT2D eigenvalue weighted by molar-refractivity contribution is 6.02. The Morgan fingerprint density at radius 2 is 0.868 bits per heavy atom. The minimum Gasteiger partial charge on any atom is -0.376 e. The Balaban J connectivity index is 0.647. The molecule has 0 spiro atoms. The number of carbonyl (C=O) groups is 8. The first-order chi connectivity index (χ1) is 58.3. The van der Waals surface area contributed by atoms with Gasteiger partial charge in [0.05, 0.1) is 66.7 Å². The monoisotopic (exact) mass is 1630 g/mol. The Labute approximate surface area is 695 Å². The van der Waals surface area contributed by atoms with E-state index in [0.717, 1.165) is 77.6 Å². The second kappa shape index (κ2) is 29.8. The van der Waals surface area contributed by atoms with Crippen LogP contribution < -0.4 is 11.5 Å². The van der Waals surface area contributed by atoms with E-state index in [1.165, 1.54) is 19.6 Å². The van der Waals surface area contributed by atoms with Crippen molar-refractivity contribution < 1.29 is 67.5 Å². The van der Waals surface area contributed by atoms with E-state index < -0.39 is 83.0 Å². The lowest BCUT2D eigenvalue weighted by Crippen LogP contribution is -2.99. The van der Waals surface area contributed by atoms with Gasteiger partial charge < -0.3 is 79.8 Å². The number of piperazine rings is 4. The summed E-state index contributed by atoms with van der Waals surface area (Å²) in [6.07, 6.45) is -1.86. The first kappa shape index (κ1) is 78.5. The van der Waals surface area contributed by atoms with E-state index in [9.17, 15) is 34.2 Å². The van der Waals surface area contributed by atoms with Gasteiger partial charge in [-0.25, -0.2) is 0 Å². The van der Waals surface area contributed by atoms with E-state index in [4.69, 9.17) is 30.4 Å². The van der Waals surface area contributed by atoms with E-state index in [1.54, 1.807) is 98.5 Å². The number of rotatable bonds is 15. The summed E-state index contributed by atoms with van der Waals surface area (Å²) in [5.74, 6) is -3.94. The van der Waals surface area contributed by atoms with Gasteiger partial charge in [-0.3, -0.25) is 52.8 Å². The molecule has 30 nitrogen and oxygen atoms in total. The SMILES string of the molecule is Cc1nn(C)c2ccc(-c3ccc(C(=O)N4CCN(C(=O)C5(N)COC5(c5cc[c]cc5-c5ccc(C(=O)N6CCN(C(=O)C7(O)COC7)CC6)cc5)C5(C6OCC6(N)C(=O)N6CCN(C(=O)c7ccc(-c8n[nH]c9ccccc89)cc7)CC6)OCC5(O)C(=O)N5CCN(C(=O)c6ccc(-c7ccc8c(c7)c(C)nn8C)cc6)CC5)CC4)cc3)cc12. The summed E-state index contributed by atoms with van der Waals surface area (Å²) in [6.45, 7) is 2.69. The summed E-state index contributed by atoms with van der Waals surface area (Å²) in [7, 11) is 3.80. The number of carbonyl (C=O) groups excluding carboxylic acids is 8. The van der Waals surface area contributed by atoms with Crippen LogP contribution in [0.4, 0.5) is 0 Å². The predicted octanol–water partition coefficient (Wildman–Crippen LogP) is 4.94. The van der Waals surface area contributed by atoms with Crippen molar-refractivity contribution in [2.24, 2.45) is 25.6 Å². The largest absolute Gasteiger partial charge is 0.376 e. The number of benzene rings is 8. The third kappa shape index (κ3) is 12.5. The molecule has 6 unspecified atom stereocenters. The average Bonchev–Trinajstić information content (AvgIpc) is 0.891. The van der Waals surface area contributed by atoms with Gasteiger partial charge >= 0.3 is 0 Å². The average molecular weight is 1630 g/mol. The summed E-state index contributed by atoms with van der Waals surface area (Å²) < 4.78 is 29.8. The van der Waals surface area contributed by atoms with Crippen LogP contribution in [-0.4, -0.2) is 298 Å². The van der Waals surface area contributed by atoms with E-state index in [-0.39, 0.29) is 158 Å². The molecule has 3 aromatic heterocycles. The number of aromatic nitrogens is 6. The van der Waals surface area contributed by atoms with Crippen LogP contribution in [0.25, 0.3) is 77.3 Å². The molecule has 19 rings (SSSR count). The number of amides is 8. The molecule has 8 amide bonds. The Morgan fingerprint density at radius 1 is 0.446 bits per heavy atom. The molecular weight excluding hydrogens is 1540 g/mol. The molecule has 7 N–H and O–H groups in total. The predicted molar refractivity (Wildman–Crippen MR) is 445 cm³/mol. The van der Waals surface area contributed by atoms with Gasteiger partial charge in [-0.15, -0.1) is 0 Å². The highest BCUT2D eigenvalue weighted by atomic mass is 16.6. The van der Waals surface area contributed by atoms with Crippen molar-refractivity contribution in [3.63, 3.8) is 0 Å². The van der Waals surface area contributed by atoms with E-state index >= 15 is 14.4 Å². The third-order valence-corrected chi connectivity index (χ3v) is 26.3. The second-order valence-electron chi connectivity index (χ2n) is 33.2. The Morgan fingerprint density at radius 3 is 1.29 bits per heavy atom. The number of nitrogens with one attached hydrogen (secondary N) is 1. The highest BCUT2D eigenvalue weighted by Gasteiger charge is 2.90. The van der Waals surface area contributed by atoms with Crippen molar-refractivity contribution in [1.82, 2.24) is 69.0 Å². The molecule has 619 valence electrons. The lowest BCUT2D eigenvalue weighted by molar-refractivity contribution is -0.447. The van der Waals surface area contributed by atoms with E-state index in [1.807, 2.05) is 122 Å². The fourth-order valence-corrected chi connectivity index (χ4v) is 19.3. The van der Waals surface area contributed by atoms with Gasteiger partial charge in [0.15, 0.2) is 22.3 Å². The fraction of sp³-hybridized carbons (Fsp3) is 0.352. The summed E-state index contributed by atoms with van der Waals surface area (Å²) in [4.78, 5) is 133. The van der Waals surface area contributed by atoms with Crippen LogP contribution in [-0.2, 0) is 57.8 Å². The molecule has 8 fully saturated rings. The van der Waals surface area contributed by atoms with Crippen LogP contribution in [0, 0.1) is 19.9 Å². The smallest absolute Gasteiger partial charge is 0.260 e. The van der Waals surface area contributed by atoms with Crippen molar-refractivity contribution in [2.45, 2.75) is 53.4 Å². The number of aryl methyl sites for hydroxylation is 4. The summed E-state index contributed by atoms with van der Waals surface area (Å²) >= 11 is 0. The van der Waals surface area contributed by atoms with Gasteiger partial charge in [0.2, 0.25) is 17.4 Å². The first-order valence-electron chi connectivity index (χ1n) is 40.9. The molecule has 11 aromatic rings. The van der Waals surface area contributed by atoms with Crippen LogP contribution in [0.2, 0.25) is 0 Å². The van der Waals surface area contributed by atoms with Crippen molar-refractivity contribution in [1.29, 1.82) is 0 Å². The number of fused-ring (bicyclic) bond motifs is 3. The minimum absolute atomic E-state index is 0.00298. The van der Waals surface area contributed by atoms with Gasteiger partial charge in [0.25, 0.3) is 35.4 Å². The number of nitrogens with zero attached hydrogens (tertiary/aromatic N) is 13. The van der Waals surface area contributed by atoms with Gasteiger partial charge in [-0.05, 0) is 144 Å². The van der Waals surface area contributed by atoms with Crippen LogP contribution in [0.5, 0.6) is 0 Å². The van der Waals surface area contributed by atoms with Crippen molar-refractivity contribution >= 4 is 80.0 Å². The summed E-state index contributed by atoms with van der Waals surface area (Å²) in [5.41, 5.74) is 13.7. The molecule has 6 atom stereocenters. The fourth-order valence-electron chi connectivity index (χ4n) is 19.3. The van der Waals surface area contributed by atoms with Gasteiger partial charge in [-0.2, -0.15) is 15.3 Å². The van der Waals surface area contributed by atoms with Crippen LogP contribution in [0.15, 0.2) is 176 Å². The molecule has 0 bridgehead atoms. The zero-order valence-corrected chi connectivity index (χ0v) is 67.4. The number of ether oxygens (including phenoxy) is 4. The third-order valence-electron chi connectivity index (χ3n) is 26.3. The van der Waals surface area contributed by atoms with E-state index in [0.29, 0.717) is 22.3 Å². The van der Waals surface area contributed by atoms with Crippen LogP contribution in [0.3, 0.4) is 0 Å². The van der Waals surface area contributed by atoms with Crippen molar-refractivity contribution in [2.75, 3.05) is 138 Å². The lowest BCUT2D eigenvalue weighted by atomic mass is 9.48. The van der Waals surface area contributed by atoms with Crippen LogP contribution >= 0.6 is 0 Å². The van der Waals surface area contributed by atoms with Gasteiger partial charge in [-0.1, -0.05) is 91.0 Å². The topological polar surface area (TPSA) is 356 Å². The zero-order chi connectivity index (χ0) is 83.8. The van der Waals surface area contributed by atoms with Crippen molar-refractivity contribution in [3.8, 4) is 44.6 Å². The lowest BCUT2D eigenvalue weighted by Gasteiger charge is -2.74. The second-order valence-corrected chi connectivity index (χ2v) is 33.2. The maximum atomic E-state index is 16.6. The molecule has 121 heavy (non-hydrogen) atoms. The molecule has 0 aliphatic carbocycles. The molecule has 0 saturated carbocycles. The molecular formula is C91H91N16O14. The molecule has 1 radical (unpaired) electrons. The van der Waals surface area contributed by atoms with Crippen LogP contribution in [0.1, 0.15) is 58.4 Å². The number of hydrogen-bond acceptors (Lipinski definition) is 19. The quantitative estimate of drug-likeness (QED) is 0.0907. The number of H-pyrrole nitrogens is 1. The molecule has 11 heterocycles.